The van der Waals surface area contributed by atoms with E-state index in [1.165, 1.54) is 23.6 Å². The van der Waals surface area contributed by atoms with E-state index in [4.69, 9.17) is 27.9 Å². The molecule has 30 heavy (non-hydrogen) atoms. The van der Waals surface area contributed by atoms with Gasteiger partial charge in [-0.25, -0.2) is 10.2 Å². The zero-order valence-electron chi connectivity index (χ0n) is 15.1. The SMILES string of the molecule is O=C(NN=Cc1ccc(OC(=O)c2cccs2)cc1)C(=O)Nc1cccc(Cl)c1Cl. The molecule has 2 N–H and O–H groups in total. The Kier molecular flexibility index (Phi) is 7.18. The molecule has 10 heteroatoms. The number of esters is 1. The van der Waals surface area contributed by atoms with Crippen molar-refractivity contribution < 1.29 is 19.1 Å². The number of carbonyl (C=O) groups is 3. The Morgan fingerprint density at radius 3 is 2.43 bits per heavy atom. The van der Waals surface area contributed by atoms with Gasteiger partial charge in [0.15, 0.2) is 0 Å². The van der Waals surface area contributed by atoms with Gasteiger partial charge in [-0.2, -0.15) is 5.10 Å². The normalized spacial score (nSPS) is 10.6. The van der Waals surface area contributed by atoms with Crippen LogP contribution < -0.4 is 15.5 Å². The second-order valence-electron chi connectivity index (χ2n) is 5.69. The number of amides is 2. The van der Waals surface area contributed by atoms with E-state index in [1.54, 1.807) is 53.9 Å². The van der Waals surface area contributed by atoms with Crippen LogP contribution in [-0.2, 0) is 9.59 Å². The Morgan fingerprint density at radius 1 is 0.967 bits per heavy atom. The van der Waals surface area contributed by atoms with Crippen LogP contribution >= 0.6 is 34.5 Å². The van der Waals surface area contributed by atoms with Gasteiger partial charge < -0.3 is 10.1 Å². The summed E-state index contributed by atoms with van der Waals surface area (Å²) in [4.78, 5) is 36.2. The zero-order valence-corrected chi connectivity index (χ0v) is 17.4. The van der Waals surface area contributed by atoms with E-state index >= 15 is 0 Å². The van der Waals surface area contributed by atoms with Gasteiger partial charge in [0, 0.05) is 0 Å². The lowest BCUT2D eigenvalue weighted by molar-refractivity contribution is -0.136. The number of nitrogens with one attached hydrogen (secondary N) is 2. The van der Waals surface area contributed by atoms with Crippen molar-refractivity contribution in [3.63, 3.8) is 0 Å². The minimum Gasteiger partial charge on any atom is -0.422 e. The van der Waals surface area contributed by atoms with Gasteiger partial charge in [0.05, 0.1) is 21.9 Å². The summed E-state index contributed by atoms with van der Waals surface area (Å²) in [6.07, 6.45) is 1.34. The molecule has 0 saturated heterocycles. The van der Waals surface area contributed by atoms with Gasteiger partial charge in [-0.15, -0.1) is 11.3 Å². The molecule has 2 aromatic carbocycles. The third-order valence-electron chi connectivity index (χ3n) is 3.60. The first-order chi connectivity index (χ1) is 14.4. The molecule has 0 aliphatic carbocycles. The molecule has 0 atom stereocenters. The first-order valence-electron chi connectivity index (χ1n) is 8.38. The average molecular weight is 462 g/mol. The third-order valence-corrected chi connectivity index (χ3v) is 5.27. The van der Waals surface area contributed by atoms with Gasteiger partial charge in [-0.3, -0.25) is 9.59 Å². The van der Waals surface area contributed by atoms with Crippen molar-refractivity contribution in [2.75, 3.05) is 5.32 Å². The van der Waals surface area contributed by atoms with Crippen molar-refractivity contribution >= 4 is 64.2 Å². The van der Waals surface area contributed by atoms with Crippen molar-refractivity contribution in [3.8, 4) is 5.75 Å². The van der Waals surface area contributed by atoms with Crippen LogP contribution in [0.4, 0.5) is 5.69 Å². The maximum atomic E-state index is 11.9. The molecular formula is C20H13Cl2N3O4S. The standard InChI is InChI=1S/C20H13Cl2N3O4S/c21-14-3-1-4-15(17(14)22)24-18(26)19(27)25-23-11-12-6-8-13(9-7-12)29-20(28)16-5-2-10-30-16/h1-11H,(H,24,26)(H,25,27). The molecule has 2 amide bonds. The number of thiophene rings is 1. The number of hydrazone groups is 1. The van der Waals surface area contributed by atoms with E-state index in [1.807, 2.05) is 0 Å². The molecule has 3 rings (SSSR count). The summed E-state index contributed by atoms with van der Waals surface area (Å²) in [5.74, 6) is -2.01. The molecule has 0 saturated carbocycles. The molecular weight excluding hydrogens is 449 g/mol. The number of hydrogen-bond donors (Lipinski definition) is 2. The monoisotopic (exact) mass is 461 g/mol. The molecule has 0 aliphatic rings. The van der Waals surface area contributed by atoms with Gasteiger partial charge >= 0.3 is 17.8 Å². The summed E-state index contributed by atoms with van der Waals surface area (Å²) in [5.41, 5.74) is 2.93. The van der Waals surface area contributed by atoms with Gasteiger partial charge in [-0.05, 0) is 53.4 Å². The molecule has 152 valence electrons. The lowest BCUT2D eigenvalue weighted by Gasteiger charge is -2.06. The van der Waals surface area contributed by atoms with Crippen LogP contribution in [-0.4, -0.2) is 24.0 Å². The number of rotatable bonds is 5. The van der Waals surface area contributed by atoms with E-state index in [9.17, 15) is 14.4 Å². The molecule has 3 aromatic rings. The molecule has 0 bridgehead atoms. The highest BCUT2D eigenvalue weighted by Crippen LogP contribution is 2.29. The predicted octanol–water partition coefficient (Wildman–Crippen LogP) is 4.36. The van der Waals surface area contributed by atoms with E-state index in [0.29, 0.717) is 16.2 Å². The van der Waals surface area contributed by atoms with Crippen LogP contribution in [0.5, 0.6) is 5.75 Å². The van der Waals surface area contributed by atoms with E-state index in [-0.39, 0.29) is 15.7 Å². The van der Waals surface area contributed by atoms with E-state index in [2.05, 4.69) is 15.8 Å². The second kappa shape index (κ2) is 10.0. The van der Waals surface area contributed by atoms with Crippen LogP contribution in [0.2, 0.25) is 10.0 Å². The topological polar surface area (TPSA) is 96.9 Å². The second-order valence-corrected chi connectivity index (χ2v) is 7.42. The molecule has 0 aliphatic heterocycles. The van der Waals surface area contributed by atoms with Crippen molar-refractivity contribution in [1.29, 1.82) is 0 Å². The number of carbonyl (C=O) groups excluding carboxylic acids is 3. The van der Waals surface area contributed by atoms with Crippen molar-refractivity contribution in [3.05, 3.63) is 80.5 Å². The number of benzene rings is 2. The largest absolute Gasteiger partial charge is 0.422 e. The van der Waals surface area contributed by atoms with Gasteiger partial charge in [0.25, 0.3) is 0 Å². The number of anilines is 1. The Morgan fingerprint density at radius 2 is 1.73 bits per heavy atom. The summed E-state index contributed by atoms with van der Waals surface area (Å²) < 4.78 is 5.25. The fourth-order valence-electron chi connectivity index (χ4n) is 2.17. The minimum atomic E-state index is -0.983. The number of nitrogens with zero attached hydrogens (tertiary/aromatic N) is 1. The molecule has 0 unspecified atom stereocenters. The van der Waals surface area contributed by atoms with Gasteiger partial charge in [0.1, 0.15) is 10.6 Å². The molecule has 0 spiro atoms. The van der Waals surface area contributed by atoms with E-state index < -0.39 is 17.8 Å². The summed E-state index contributed by atoms with van der Waals surface area (Å²) in [6, 6.07) is 14.5. The van der Waals surface area contributed by atoms with Crippen LogP contribution in [0.15, 0.2) is 65.1 Å². The van der Waals surface area contributed by atoms with Gasteiger partial charge in [-0.1, -0.05) is 35.3 Å². The summed E-state index contributed by atoms with van der Waals surface area (Å²) in [6.45, 7) is 0. The maximum absolute atomic E-state index is 11.9. The first kappa shape index (κ1) is 21.5. The average Bonchev–Trinajstić information content (AvgIpc) is 3.27. The Labute approximate surface area is 185 Å². The Balaban J connectivity index is 1.52. The predicted molar refractivity (Wildman–Crippen MR) is 117 cm³/mol. The fraction of sp³-hybridized carbons (Fsp3) is 0. The minimum absolute atomic E-state index is 0.128. The molecule has 0 fully saturated rings. The Hall–Kier alpha value is -3.20. The highest BCUT2D eigenvalue weighted by atomic mass is 35.5. The number of ether oxygens (including phenoxy) is 1. The summed E-state index contributed by atoms with van der Waals surface area (Å²) in [7, 11) is 0. The van der Waals surface area contributed by atoms with E-state index in [0.717, 1.165) is 0 Å². The molecule has 1 aromatic heterocycles. The summed E-state index contributed by atoms with van der Waals surface area (Å²) in [5, 5.41) is 8.23. The Bertz CT molecular complexity index is 1100. The maximum Gasteiger partial charge on any atom is 0.353 e. The molecule has 1 heterocycles. The first-order valence-corrected chi connectivity index (χ1v) is 10.0. The fourth-order valence-corrected chi connectivity index (χ4v) is 3.12. The zero-order chi connectivity index (χ0) is 21.5. The van der Waals surface area contributed by atoms with Crippen LogP contribution in [0.25, 0.3) is 0 Å². The van der Waals surface area contributed by atoms with Crippen molar-refractivity contribution in [2.24, 2.45) is 5.10 Å². The van der Waals surface area contributed by atoms with Crippen molar-refractivity contribution in [2.45, 2.75) is 0 Å². The third kappa shape index (κ3) is 5.66. The smallest absolute Gasteiger partial charge is 0.353 e. The van der Waals surface area contributed by atoms with Crippen molar-refractivity contribution in [1.82, 2.24) is 5.43 Å². The van der Waals surface area contributed by atoms with Crippen LogP contribution in [0.1, 0.15) is 15.2 Å². The van der Waals surface area contributed by atoms with Gasteiger partial charge in [0.2, 0.25) is 0 Å². The highest BCUT2D eigenvalue weighted by molar-refractivity contribution is 7.12. The highest BCUT2D eigenvalue weighted by Gasteiger charge is 2.15. The number of hydrogen-bond acceptors (Lipinski definition) is 6. The van der Waals surface area contributed by atoms with Crippen LogP contribution in [0, 0.1) is 0 Å². The molecule has 0 radical (unpaired) electrons. The quantitative estimate of drug-likeness (QED) is 0.194. The number of halogens is 2. The van der Waals surface area contributed by atoms with Crippen LogP contribution in [0.3, 0.4) is 0 Å². The summed E-state index contributed by atoms with van der Waals surface area (Å²) >= 11 is 13.1. The molecule has 7 nitrogen and oxygen atoms in total. The lowest BCUT2D eigenvalue weighted by atomic mass is 10.2. The lowest BCUT2D eigenvalue weighted by Crippen LogP contribution is -2.32.